The highest BCUT2D eigenvalue weighted by atomic mass is 17.2. The molecule has 0 aliphatic rings. The van der Waals surface area contributed by atoms with Gasteiger partial charge < -0.3 is 14.6 Å². The lowest BCUT2D eigenvalue weighted by Gasteiger charge is -2.25. The molecule has 0 rings (SSSR count). The second kappa shape index (κ2) is 9.06. The molecular formula is C10H22O5. The summed E-state index contributed by atoms with van der Waals surface area (Å²) in [6.07, 6.45) is 1.88. The first-order valence-electron chi connectivity index (χ1n) is 5.34. The highest BCUT2D eigenvalue weighted by Crippen LogP contribution is 2.15. The molecule has 0 heterocycles. The topological polar surface area (TPSA) is 57.2 Å². The van der Waals surface area contributed by atoms with E-state index in [0.717, 1.165) is 6.42 Å². The van der Waals surface area contributed by atoms with Gasteiger partial charge in [-0.25, -0.2) is 9.78 Å². The van der Waals surface area contributed by atoms with Gasteiger partial charge in [0.1, 0.15) is 0 Å². The minimum atomic E-state index is -1.50. The molecular weight excluding hydrogens is 200 g/mol. The molecule has 1 N–H and O–H groups in total. The zero-order valence-electron chi connectivity index (χ0n) is 9.82. The molecule has 92 valence electrons. The van der Waals surface area contributed by atoms with Crippen LogP contribution in [-0.4, -0.2) is 38.0 Å². The van der Waals surface area contributed by atoms with E-state index in [4.69, 9.17) is 19.2 Å². The molecule has 0 aromatic rings. The highest BCUT2D eigenvalue weighted by molar-refractivity contribution is 4.53. The maximum atomic E-state index is 9.68. The SMILES string of the molecule is CCCOOCCCC(O)(OC)OCC. The van der Waals surface area contributed by atoms with Crippen molar-refractivity contribution in [2.24, 2.45) is 0 Å². The lowest BCUT2D eigenvalue weighted by atomic mass is 10.3. The van der Waals surface area contributed by atoms with Crippen molar-refractivity contribution >= 4 is 0 Å². The standard InChI is InChI=1S/C10H22O5/c1-4-8-14-15-9-6-7-10(11,12-3)13-5-2/h11H,4-9H2,1-3H3. The Kier molecular flexibility index (Phi) is 8.94. The summed E-state index contributed by atoms with van der Waals surface area (Å²) < 4.78 is 9.89. The van der Waals surface area contributed by atoms with Gasteiger partial charge in [-0.05, 0) is 19.8 Å². The molecule has 0 spiro atoms. The first-order chi connectivity index (χ1) is 7.18. The molecule has 1 unspecified atom stereocenters. The third-order valence-electron chi connectivity index (χ3n) is 1.78. The van der Waals surface area contributed by atoms with E-state index in [1.807, 2.05) is 6.92 Å². The van der Waals surface area contributed by atoms with Gasteiger partial charge in [-0.3, -0.25) is 0 Å². The first kappa shape index (κ1) is 14.8. The predicted octanol–water partition coefficient (Wildman–Crippen LogP) is 1.45. The smallest absolute Gasteiger partial charge is 0.280 e. The first-order valence-corrected chi connectivity index (χ1v) is 5.34. The molecule has 15 heavy (non-hydrogen) atoms. The highest BCUT2D eigenvalue weighted by Gasteiger charge is 2.26. The second-order valence-corrected chi connectivity index (χ2v) is 3.10. The number of hydrogen-bond acceptors (Lipinski definition) is 5. The van der Waals surface area contributed by atoms with Gasteiger partial charge in [0, 0.05) is 20.1 Å². The van der Waals surface area contributed by atoms with E-state index in [0.29, 0.717) is 32.7 Å². The summed E-state index contributed by atoms with van der Waals surface area (Å²) in [5, 5.41) is 9.68. The van der Waals surface area contributed by atoms with Crippen LogP contribution in [0.3, 0.4) is 0 Å². The van der Waals surface area contributed by atoms with Gasteiger partial charge in [0.25, 0.3) is 5.97 Å². The number of rotatable bonds is 10. The second-order valence-electron chi connectivity index (χ2n) is 3.10. The quantitative estimate of drug-likeness (QED) is 0.262. The Balaban J connectivity index is 3.46. The molecule has 0 amide bonds. The van der Waals surface area contributed by atoms with Crippen LogP contribution in [0.25, 0.3) is 0 Å². The number of aliphatic hydroxyl groups is 1. The Hall–Kier alpha value is -0.200. The Bertz CT molecular complexity index is 142. The summed E-state index contributed by atoms with van der Waals surface area (Å²) in [5.41, 5.74) is 0. The van der Waals surface area contributed by atoms with E-state index in [9.17, 15) is 5.11 Å². The van der Waals surface area contributed by atoms with Crippen molar-refractivity contribution in [1.82, 2.24) is 0 Å². The van der Waals surface area contributed by atoms with Gasteiger partial charge in [-0.2, -0.15) is 0 Å². The third-order valence-corrected chi connectivity index (χ3v) is 1.78. The third kappa shape index (κ3) is 7.70. The minimum absolute atomic E-state index is 0.354. The van der Waals surface area contributed by atoms with Crippen LogP contribution in [0.2, 0.25) is 0 Å². The molecule has 0 aliphatic carbocycles. The van der Waals surface area contributed by atoms with Gasteiger partial charge >= 0.3 is 0 Å². The maximum Gasteiger partial charge on any atom is 0.280 e. The summed E-state index contributed by atoms with van der Waals surface area (Å²) in [6.45, 7) is 5.20. The van der Waals surface area contributed by atoms with Gasteiger partial charge in [0.15, 0.2) is 0 Å². The van der Waals surface area contributed by atoms with E-state index in [-0.39, 0.29) is 0 Å². The molecule has 0 aromatic heterocycles. The van der Waals surface area contributed by atoms with Gasteiger partial charge in [0.2, 0.25) is 0 Å². The Morgan fingerprint density at radius 2 is 1.80 bits per heavy atom. The van der Waals surface area contributed by atoms with Crippen LogP contribution in [0.4, 0.5) is 0 Å². The summed E-state index contributed by atoms with van der Waals surface area (Å²) in [7, 11) is 1.41. The van der Waals surface area contributed by atoms with E-state index >= 15 is 0 Å². The average molecular weight is 222 g/mol. The Morgan fingerprint density at radius 1 is 1.13 bits per heavy atom. The van der Waals surface area contributed by atoms with Gasteiger partial charge in [-0.15, -0.1) is 0 Å². The fourth-order valence-electron chi connectivity index (χ4n) is 1.01. The molecule has 0 radical (unpaired) electrons. The maximum absolute atomic E-state index is 9.68. The molecule has 0 fully saturated rings. The van der Waals surface area contributed by atoms with Gasteiger partial charge in [0.05, 0.1) is 13.2 Å². The van der Waals surface area contributed by atoms with Crippen molar-refractivity contribution in [2.75, 3.05) is 26.9 Å². The van der Waals surface area contributed by atoms with Crippen LogP contribution >= 0.6 is 0 Å². The number of hydrogen-bond donors (Lipinski definition) is 1. The van der Waals surface area contributed by atoms with Crippen LogP contribution in [0, 0.1) is 0 Å². The lowest BCUT2D eigenvalue weighted by Crippen LogP contribution is -2.34. The molecule has 5 heteroatoms. The van der Waals surface area contributed by atoms with E-state index in [1.54, 1.807) is 6.92 Å². The normalized spacial score (nSPS) is 15.2. The lowest BCUT2D eigenvalue weighted by molar-refractivity contribution is -0.356. The summed E-state index contributed by atoms with van der Waals surface area (Å²) in [5.74, 6) is -1.50. The van der Waals surface area contributed by atoms with Gasteiger partial charge in [-0.1, -0.05) is 6.92 Å². The molecule has 5 nitrogen and oxygen atoms in total. The van der Waals surface area contributed by atoms with Crippen molar-refractivity contribution < 1.29 is 24.4 Å². The van der Waals surface area contributed by atoms with E-state index < -0.39 is 5.97 Å². The Morgan fingerprint density at radius 3 is 2.33 bits per heavy atom. The zero-order valence-corrected chi connectivity index (χ0v) is 9.82. The monoisotopic (exact) mass is 222 g/mol. The van der Waals surface area contributed by atoms with Crippen LogP contribution in [0.15, 0.2) is 0 Å². The molecule has 0 aliphatic heterocycles. The van der Waals surface area contributed by atoms with Crippen LogP contribution in [0.1, 0.15) is 33.1 Å². The van der Waals surface area contributed by atoms with Crippen LogP contribution < -0.4 is 0 Å². The van der Waals surface area contributed by atoms with Crippen LogP contribution in [-0.2, 0) is 19.2 Å². The van der Waals surface area contributed by atoms with Crippen molar-refractivity contribution in [3.05, 3.63) is 0 Å². The molecule has 0 saturated carbocycles. The molecule has 1 atom stereocenters. The van der Waals surface area contributed by atoms with E-state index in [1.165, 1.54) is 7.11 Å². The fourth-order valence-corrected chi connectivity index (χ4v) is 1.01. The molecule has 0 aromatic carbocycles. The average Bonchev–Trinajstić information content (AvgIpc) is 2.24. The van der Waals surface area contributed by atoms with Crippen LogP contribution in [0.5, 0.6) is 0 Å². The summed E-state index contributed by atoms with van der Waals surface area (Å²) in [6, 6.07) is 0. The fraction of sp³-hybridized carbons (Fsp3) is 1.00. The van der Waals surface area contributed by atoms with E-state index in [2.05, 4.69) is 0 Å². The van der Waals surface area contributed by atoms with Crippen molar-refractivity contribution in [1.29, 1.82) is 0 Å². The predicted molar refractivity (Wildman–Crippen MR) is 55.0 cm³/mol. The molecule has 0 bridgehead atoms. The number of methoxy groups -OCH3 is 1. The molecule has 0 saturated heterocycles. The zero-order chi connectivity index (χ0) is 11.6. The summed E-state index contributed by atoms with van der Waals surface area (Å²) >= 11 is 0. The van der Waals surface area contributed by atoms with Crippen molar-refractivity contribution in [3.8, 4) is 0 Å². The summed E-state index contributed by atoms with van der Waals surface area (Å²) in [4.78, 5) is 9.70. The Labute approximate surface area is 91.2 Å². The van der Waals surface area contributed by atoms with Crippen molar-refractivity contribution in [3.63, 3.8) is 0 Å². The largest absolute Gasteiger partial charge is 0.343 e. The minimum Gasteiger partial charge on any atom is -0.343 e. The van der Waals surface area contributed by atoms with Crippen molar-refractivity contribution in [2.45, 2.75) is 39.1 Å². The number of ether oxygens (including phenoxy) is 2.